The number of cyclic esters (lactones) is 2. The second-order valence-corrected chi connectivity index (χ2v) is 3.91. The minimum Gasteiger partial charge on any atom is -0.393 e. The van der Waals surface area contributed by atoms with Crippen molar-refractivity contribution >= 4 is 11.9 Å². The molecule has 3 rings (SSSR count). The summed E-state index contributed by atoms with van der Waals surface area (Å²) in [7, 11) is 0. The molecule has 4 atom stereocenters. The molecule has 0 radical (unpaired) electrons. The van der Waals surface area contributed by atoms with E-state index in [2.05, 4.69) is 4.74 Å². The van der Waals surface area contributed by atoms with E-state index in [9.17, 15) is 9.59 Å². The van der Waals surface area contributed by atoms with Crippen molar-refractivity contribution in [2.24, 2.45) is 29.4 Å². The lowest BCUT2D eigenvalue weighted by Crippen LogP contribution is -2.30. The topological polar surface area (TPSA) is 69.4 Å². The van der Waals surface area contributed by atoms with E-state index >= 15 is 0 Å². The average molecular weight is 179 g/mol. The first-order valence-electron chi connectivity index (χ1n) is 4.39. The maximum atomic E-state index is 11.3. The Morgan fingerprint density at radius 2 is 1.54 bits per heavy atom. The molecule has 1 saturated heterocycles. The van der Waals surface area contributed by atoms with Gasteiger partial charge in [0.25, 0.3) is 0 Å². The van der Waals surface area contributed by atoms with Gasteiger partial charge in [-0.1, -0.05) is 12.2 Å². The summed E-state index contributed by atoms with van der Waals surface area (Å²) in [6.45, 7) is 0. The van der Waals surface area contributed by atoms with Gasteiger partial charge in [0.05, 0.1) is 11.8 Å². The van der Waals surface area contributed by atoms with Crippen LogP contribution in [0.5, 0.6) is 0 Å². The Bertz CT molecular complexity index is 306. The van der Waals surface area contributed by atoms with Crippen LogP contribution < -0.4 is 5.73 Å². The van der Waals surface area contributed by atoms with Crippen molar-refractivity contribution < 1.29 is 14.3 Å². The molecule has 68 valence electrons. The molecule has 2 fully saturated rings. The van der Waals surface area contributed by atoms with Crippen molar-refractivity contribution in [1.82, 2.24) is 0 Å². The smallest absolute Gasteiger partial charge is 0.318 e. The van der Waals surface area contributed by atoms with Gasteiger partial charge in [-0.15, -0.1) is 0 Å². The zero-order chi connectivity index (χ0) is 9.16. The maximum Gasteiger partial charge on any atom is 0.318 e. The molecule has 0 aromatic heterocycles. The van der Waals surface area contributed by atoms with Gasteiger partial charge in [0.2, 0.25) is 0 Å². The SMILES string of the molecule is NC1C2C=CC1C1C(=O)OC(=O)C21. The predicted molar refractivity (Wildman–Crippen MR) is 42.2 cm³/mol. The first-order valence-corrected chi connectivity index (χ1v) is 4.39. The fourth-order valence-corrected chi connectivity index (χ4v) is 2.81. The van der Waals surface area contributed by atoms with Crippen LogP contribution in [0.15, 0.2) is 12.2 Å². The minimum atomic E-state index is -0.387. The van der Waals surface area contributed by atoms with E-state index in [1.807, 2.05) is 12.2 Å². The Morgan fingerprint density at radius 1 is 1.08 bits per heavy atom. The van der Waals surface area contributed by atoms with E-state index in [4.69, 9.17) is 5.73 Å². The van der Waals surface area contributed by atoms with E-state index in [-0.39, 0.29) is 41.7 Å². The number of ether oxygens (including phenoxy) is 1. The van der Waals surface area contributed by atoms with Crippen LogP contribution in [0.3, 0.4) is 0 Å². The Balaban J connectivity index is 2.09. The highest BCUT2D eigenvalue weighted by Crippen LogP contribution is 2.50. The number of fused-ring (bicyclic) bond motifs is 5. The largest absolute Gasteiger partial charge is 0.393 e. The molecule has 2 aliphatic carbocycles. The number of rotatable bonds is 0. The number of esters is 2. The number of carbonyl (C=O) groups is 2. The van der Waals surface area contributed by atoms with E-state index in [0.717, 1.165) is 0 Å². The van der Waals surface area contributed by atoms with E-state index in [0.29, 0.717) is 0 Å². The first-order chi connectivity index (χ1) is 6.20. The van der Waals surface area contributed by atoms with Gasteiger partial charge in [0.15, 0.2) is 0 Å². The zero-order valence-corrected chi connectivity index (χ0v) is 6.84. The molecular weight excluding hydrogens is 170 g/mol. The molecule has 2 N–H and O–H groups in total. The summed E-state index contributed by atoms with van der Waals surface area (Å²) in [5.41, 5.74) is 5.88. The Kier molecular flexibility index (Phi) is 1.12. The molecule has 2 bridgehead atoms. The summed E-state index contributed by atoms with van der Waals surface area (Å²) in [6.07, 6.45) is 3.88. The van der Waals surface area contributed by atoms with Crippen molar-refractivity contribution in [3.8, 4) is 0 Å². The normalized spacial score (nSPS) is 51.3. The third kappa shape index (κ3) is 0.659. The Morgan fingerprint density at radius 3 is 2.00 bits per heavy atom. The molecule has 1 aliphatic heterocycles. The van der Waals surface area contributed by atoms with Crippen LogP contribution in [0.1, 0.15) is 0 Å². The van der Waals surface area contributed by atoms with E-state index in [1.165, 1.54) is 0 Å². The first kappa shape index (κ1) is 7.26. The quantitative estimate of drug-likeness (QED) is 0.307. The van der Waals surface area contributed by atoms with Crippen molar-refractivity contribution in [3.05, 3.63) is 12.2 Å². The molecule has 0 aromatic rings. The van der Waals surface area contributed by atoms with Crippen LogP contribution in [-0.2, 0) is 14.3 Å². The van der Waals surface area contributed by atoms with E-state index in [1.54, 1.807) is 0 Å². The molecule has 13 heavy (non-hydrogen) atoms. The van der Waals surface area contributed by atoms with Gasteiger partial charge in [0.1, 0.15) is 0 Å². The van der Waals surface area contributed by atoms with Crippen molar-refractivity contribution in [2.75, 3.05) is 0 Å². The predicted octanol–water partition coefficient (Wildman–Crippen LogP) is -0.555. The second kappa shape index (κ2) is 2.01. The van der Waals surface area contributed by atoms with Crippen molar-refractivity contribution in [2.45, 2.75) is 6.04 Å². The van der Waals surface area contributed by atoms with Crippen LogP contribution in [0.4, 0.5) is 0 Å². The Labute approximate surface area is 74.7 Å². The summed E-state index contributed by atoms with van der Waals surface area (Å²) in [5.74, 6) is -1.32. The third-order valence-electron chi connectivity index (χ3n) is 3.41. The van der Waals surface area contributed by atoms with Gasteiger partial charge in [-0.25, -0.2) is 0 Å². The highest BCUT2D eigenvalue weighted by molar-refractivity contribution is 5.98. The van der Waals surface area contributed by atoms with Gasteiger partial charge in [-0.3, -0.25) is 9.59 Å². The molecule has 1 heterocycles. The third-order valence-corrected chi connectivity index (χ3v) is 3.41. The lowest BCUT2D eigenvalue weighted by molar-refractivity contribution is -0.154. The maximum absolute atomic E-state index is 11.3. The molecule has 4 unspecified atom stereocenters. The van der Waals surface area contributed by atoms with E-state index < -0.39 is 0 Å². The standard InChI is InChI=1S/C9H9NO3/c10-7-3-1-2-4(7)6-5(3)8(11)13-9(6)12/h1-7H,10H2. The molecule has 1 saturated carbocycles. The zero-order valence-electron chi connectivity index (χ0n) is 6.84. The molecular formula is C9H9NO3. The summed E-state index contributed by atoms with van der Waals surface area (Å²) in [5, 5.41) is 0. The van der Waals surface area contributed by atoms with Crippen LogP contribution in [0.2, 0.25) is 0 Å². The summed E-state index contributed by atoms with van der Waals surface area (Å²) >= 11 is 0. The van der Waals surface area contributed by atoms with Gasteiger partial charge >= 0.3 is 11.9 Å². The molecule has 3 aliphatic rings. The lowest BCUT2D eigenvalue weighted by atomic mass is 9.85. The van der Waals surface area contributed by atoms with Gasteiger partial charge in [-0.2, -0.15) is 0 Å². The summed E-state index contributed by atoms with van der Waals surface area (Å²) < 4.78 is 4.58. The molecule has 4 heteroatoms. The summed E-state index contributed by atoms with van der Waals surface area (Å²) in [4.78, 5) is 22.5. The average Bonchev–Trinajstić information content (AvgIpc) is 2.67. The van der Waals surface area contributed by atoms with Crippen molar-refractivity contribution in [1.29, 1.82) is 0 Å². The Hall–Kier alpha value is -1.16. The fraction of sp³-hybridized carbons (Fsp3) is 0.556. The monoisotopic (exact) mass is 179 g/mol. The molecule has 0 aromatic carbocycles. The van der Waals surface area contributed by atoms with Gasteiger partial charge in [-0.05, 0) is 0 Å². The number of nitrogens with two attached hydrogens (primary N) is 1. The van der Waals surface area contributed by atoms with Crippen LogP contribution >= 0.6 is 0 Å². The number of hydrogen-bond donors (Lipinski definition) is 1. The second-order valence-electron chi connectivity index (χ2n) is 3.91. The molecule has 0 spiro atoms. The van der Waals surface area contributed by atoms with Crippen molar-refractivity contribution in [3.63, 3.8) is 0 Å². The number of carbonyl (C=O) groups excluding carboxylic acids is 2. The highest BCUT2D eigenvalue weighted by atomic mass is 16.6. The number of hydrogen-bond acceptors (Lipinski definition) is 4. The fourth-order valence-electron chi connectivity index (χ4n) is 2.81. The lowest BCUT2D eigenvalue weighted by Gasteiger charge is -2.11. The van der Waals surface area contributed by atoms with Gasteiger partial charge < -0.3 is 10.5 Å². The molecule has 4 nitrogen and oxygen atoms in total. The summed E-state index contributed by atoms with van der Waals surface area (Å²) in [6, 6.07) is -0.0631. The minimum absolute atomic E-state index is 0.0222. The van der Waals surface area contributed by atoms with Crippen LogP contribution in [-0.4, -0.2) is 18.0 Å². The van der Waals surface area contributed by atoms with Gasteiger partial charge in [0, 0.05) is 17.9 Å². The highest BCUT2D eigenvalue weighted by Gasteiger charge is 2.61. The van der Waals surface area contributed by atoms with Crippen LogP contribution in [0.25, 0.3) is 0 Å². The van der Waals surface area contributed by atoms with Crippen LogP contribution in [0, 0.1) is 23.7 Å². The molecule has 0 amide bonds.